The van der Waals surface area contributed by atoms with Crippen LogP contribution >= 0.6 is 11.6 Å². The number of amides is 1. The van der Waals surface area contributed by atoms with Gasteiger partial charge in [0, 0.05) is 22.2 Å². The summed E-state index contributed by atoms with van der Waals surface area (Å²) in [5.41, 5.74) is 1.48. The maximum Gasteiger partial charge on any atom is 0.229 e. The highest BCUT2D eigenvalue weighted by Crippen LogP contribution is 2.23. The number of hydrogen-bond acceptors (Lipinski definition) is 2. The minimum atomic E-state index is -0.487. The summed E-state index contributed by atoms with van der Waals surface area (Å²) >= 11 is 5.94. The molecule has 0 unspecified atom stereocenters. The number of benzene rings is 2. The number of carbonyl (C=O) groups excluding carboxylic acids is 1. The van der Waals surface area contributed by atoms with E-state index in [-0.39, 0.29) is 22.9 Å². The van der Waals surface area contributed by atoms with Gasteiger partial charge in [-0.1, -0.05) is 35.9 Å². The molecule has 0 saturated heterocycles. The lowest BCUT2D eigenvalue weighted by molar-refractivity contribution is -0.115. The summed E-state index contributed by atoms with van der Waals surface area (Å²) in [6.07, 6.45) is 1.53. The largest absolute Gasteiger partial charge is 0.324 e. The Hall–Kier alpha value is -2.46. The fourth-order valence-corrected chi connectivity index (χ4v) is 2.49. The van der Waals surface area contributed by atoms with Gasteiger partial charge in [0.15, 0.2) is 0 Å². The van der Waals surface area contributed by atoms with Crippen LogP contribution in [-0.2, 0) is 11.2 Å². The van der Waals surface area contributed by atoms with Gasteiger partial charge in [0.2, 0.25) is 5.91 Å². The second-order valence-electron chi connectivity index (χ2n) is 4.81. The molecule has 3 rings (SSSR count). The molecular formula is C17H12ClFN2O. The van der Waals surface area contributed by atoms with E-state index in [1.54, 1.807) is 18.3 Å². The third-order valence-electron chi connectivity index (χ3n) is 3.31. The molecule has 1 amide bonds. The summed E-state index contributed by atoms with van der Waals surface area (Å²) in [5, 5.41) is 3.92. The van der Waals surface area contributed by atoms with Crippen LogP contribution in [0.1, 0.15) is 5.56 Å². The van der Waals surface area contributed by atoms with Crippen molar-refractivity contribution in [3.05, 3.63) is 71.1 Å². The molecule has 1 aromatic heterocycles. The van der Waals surface area contributed by atoms with Crippen LogP contribution in [0.5, 0.6) is 0 Å². The van der Waals surface area contributed by atoms with Crippen LogP contribution in [0, 0.1) is 5.82 Å². The Balaban J connectivity index is 1.85. The van der Waals surface area contributed by atoms with E-state index in [9.17, 15) is 9.18 Å². The number of halogens is 2. The normalized spacial score (nSPS) is 10.6. The highest BCUT2D eigenvalue weighted by molar-refractivity contribution is 6.31. The smallest absolute Gasteiger partial charge is 0.229 e. The second-order valence-corrected chi connectivity index (χ2v) is 5.21. The number of carbonyl (C=O) groups is 1. The number of nitrogens with one attached hydrogen (secondary N) is 1. The Morgan fingerprint density at radius 3 is 2.73 bits per heavy atom. The molecule has 110 valence electrons. The first-order valence-corrected chi connectivity index (χ1v) is 7.09. The lowest BCUT2D eigenvalue weighted by atomic mass is 10.1. The topological polar surface area (TPSA) is 42.0 Å². The molecule has 2 aromatic carbocycles. The van der Waals surface area contributed by atoms with E-state index in [4.69, 9.17) is 11.6 Å². The minimum Gasteiger partial charge on any atom is -0.324 e. The fourth-order valence-electron chi connectivity index (χ4n) is 2.26. The Morgan fingerprint density at radius 2 is 1.91 bits per heavy atom. The summed E-state index contributed by atoms with van der Waals surface area (Å²) in [6.45, 7) is 0. The molecule has 0 aliphatic carbocycles. The molecule has 0 radical (unpaired) electrons. The number of fused-ring (bicyclic) bond motifs is 1. The maximum absolute atomic E-state index is 13.7. The molecule has 0 fully saturated rings. The predicted octanol–water partition coefficient (Wildman–Crippen LogP) is 4.21. The van der Waals surface area contributed by atoms with E-state index >= 15 is 0 Å². The van der Waals surface area contributed by atoms with Crippen molar-refractivity contribution in [2.75, 3.05) is 5.32 Å². The van der Waals surface area contributed by atoms with E-state index < -0.39 is 5.82 Å². The molecule has 3 nitrogen and oxygen atoms in total. The average molecular weight is 315 g/mol. The van der Waals surface area contributed by atoms with Crippen molar-refractivity contribution in [3.8, 4) is 0 Å². The summed E-state index contributed by atoms with van der Waals surface area (Å²) in [5.74, 6) is -0.830. The number of rotatable bonds is 3. The average Bonchev–Trinajstić information content (AvgIpc) is 2.51. The quantitative estimate of drug-likeness (QED) is 0.787. The molecule has 1 N–H and O–H groups in total. The number of aromatic nitrogens is 1. The number of anilines is 1. The first-order valence-electron chi connectivity index (χ1n) is 6.71. The van der Waals surface area contributed by atoms with Gasteiger partial charge in [-0.05, 0) is 24.3 Å². The third kappa shape index (κ3) is 2.92. The molecular weight excluding hydrogens is 303 g/mol. The van der Waals surface area contributed by atoms with Crippen LogP contribution in [0.3, 0.4) is 0 Å². The van der Waals surface area contributed by atoms with Gasteiger partial charge in [0.1, 0.15) is 5.82 Å². The van der Waals surface area contributed by atoms with Crippen molar-refractivity contribution in [1.82, 2.24) is 4.98 Å². The zero-order chi connectivity index (χ0) is 15.5. The second kappa shape index (κ2) is 6.12. The molecule has 0 saturated carbocycles. The Kier molecular flexibility index (Phi) is 4.02. The van der Waals surface area contributed by atoms with Gasteiger partial charge in [-0.3, -0.25) is 9.78 Å². The first kappa shape index (κ1) is 14.5. The van der Waals surface area contributed by atoms with Crippen molar-refractivity contribution in [2.24, 2.45) is 0 Å². The Bertz CT molecular complexity index is 825. The summed E-state index contributed by atoms with van der Waals surface area (Å²) < 4.78 is 13.7. The number of pyridine rings is 1. The SMILES string of the molecule is O=C(Cc1c(F)cccc1Cl)Nc1cccc2cccnc12. The highest BCUT2D eigenvalue weighted by Gasteiger charge is 2.13. The molecule has 3 aromatic rings. The maximum atomic E-state index is 13.7. The van der Waals surface area contributed by atoms with E-state index in [0.29, 0.717) is 11.2 Å². The third-order valence-corrected chi connectivity index (χ3v) is 3.66. The van der Waals surface area contributed by atoms with Gasteiger partial charge in [-0.25, -0.2) is 4.39 Å². The van der Waals surface area contributed by atoms with Crippen LogP contribution in [0.2, 0.25) is 5.02 Å². The molecule has 1 heterocycles. The first-order chi connectivity index (χ1) is 10.6. The zero-order valence-electron chi connectivity index (χ0n) is 11.5. The van der Waals surface area contributed by atoms with E-state index in [2.05, 4.69) is 10.3 Å². The van der Waals surface area contributed by atoms with Gasteiger partial charge in [-0.15, -0.1) is 0 Å². The van der Waals surface area contributed by atoms with Gasteiger partial charge in [0.25, 0.3) is 0 Å². The van der Waals surface area contributed by atoms with Crippen LogP contribution < -0.4 is 5.32 Å². The Morgan fingerprint density at radius 1 is 1.14 bits per heavy atom. The van der Waals surface area contributed by atoms with Crippen molar-refractivity contribution in [2.45, 2.75) is 6.42 Å². The van der Waals surface area contributed by atoms with Gasteiger partial charge >= 0.3 is 0 Å². The Labute approximate surface area is 131 Å². The standard InChI is InChI=1S/C17H12ClFN2O/c18-13-6-2-7-14(19)12(13)10-16(22)21-15-8-1-4-11-5-3-9-20-17(11)15/h1-9H,10H2,(H,21,22). The van der Waals surface area contributed by atoms with Crippen LogP contribution in [0.25, 0.3) is 10.9 Å². The van der Waals surface area contributed by atoms with Crippen LogP contribution in [0.4, 0.5) is 10.1 Å². The molecule has 0 spiro atoms. The molecule has 0 aliphatic rings. The highest BCUT2D eigenvalue weighted by atomic mass is 35.5. The molecule has 5 heteroatoms. The van der Waals surface area contributed by atoms with E-state index in [1.807, 2.05) is 24.3 Å². The van der Waals surface area contributed by atoms with Gasteiger partial charge < -0.3 is 5.32 Å². The molecule has 22 heavy (non-hydrogen) atoms. The van der Waals surface area contributed by atoms with Crippen molar-refractivity contribution in [1.29, 1.82) is 0 Å². The summed E-state index contributed by atoms with van der Waals surface area (Å²) in [7, 11) is 0. The summed E-state index contributed by atoms with van der Waals surface area (Å²) in [4.78, 5) is 16.4. The monoisotopic (exact) mass is 314 g/mol. The van der Waals surface area contributed by atoms with Crippen LogP contribution in [0.15, 0.2) is 54.7 Å². The number of nitrogens with zero attached hydrogens (tertiary/aromatic N) is 1. The van der Waals surface area contributed by atoms with E-state index in [1.165, 1.54) is 12.1 Å². The van der Waals surface area contributed by atoms with Gasteiger partial charge in [-0.2, -0.15) is 0 Å². The van der Waals surface area contributed by atoms with E-state index in [0.717, 1.165) is 5.39 Å². The van der Waals surface area contributed by atoms with Crippen molar-refractivity contribution in [3.63, 3.8) is 0 Å². The molecule has 0 aliphatic heterocycles. The molecule has 0 atom stereocenters. The zero-order valence-corrected chi connectivity index (χ0v) is 12.3. The van der Waals surface area contributed by atoms with Crippen LogP contribution in [-0.4, -0.2) is 10.9 Å². The van der Waals surface area contributed by atoms with Crippen molar-refractivity contribution >= 4 is 34.1 Å². The lowest BCUT2D eigenvalue weighted by Crippen LogP contribution is -2.16. The minimum absolute atomic E-state index is 0.130. The molecule has 0 bridgehead atoms. The lowest BCUT2D eigenvalue weighted by Gasteiger charge is -2.09. The number of para-hydroxylation sites is 1. The van der Waals surface area contributed by atoms with Crippen molar-refractivity contribution < 1.29 is 9.18 Å². The number of hydrogen-bond donors (Lipinski definition) is 1. The predicted molar refractivity (Wildman–Crippen MR) is 85.5 cm³/mol. The fraction of sp³-hybridized carbons (Fsp3) is 0.0588. The summed E-state index contributed by atoms with van der Waals surface area (Å²) in [6, 6.07) is 13.6. The van der Waals surface area contributed by atoms with Gasteiger partial charge in [0.05, 0.1) is 17.6 Å².